The van der Waals surface area contributed by atoms with Gasteiger partial charge in [0.25, 0.3) is 0 Å². The number of hydrogen-bond donors (Lipinski definition) is 2. The van der Waals surface area contributed by atoms with Gasteiger partial charge in [0, 0.05) is 13.2 Å². The van der Waals surface area contributed by atoms with E-state index in [4.69, 9.17) is 4.74 Å². The van der Waals surface area contributed by atoms with Crippen molar-refractivity contribution < 1.29 is 19.4 Å². The van der Waals surface area contributed by atoms with Crippen molar-refractivity contribution in [3.63, 3.8) is 0 Å². The molecule has 3 rings (SSSR count). The minimum atomic E-state index is -0.853. The number of fused-ring (bicyclic) bond motifs is 2. The van der Waals surface area contributed by atoms with Gasteiger partial charge in [-0.15, -0.1) is 0 Å². The lowest BCUT2D eigenvalue weighted by atomic mass is 9.82. The van der Waals surface area contributed by atoms with Crippen LogP contribution in [0.1, 0.15) is 19.3 Å². The van der Waals surface area contributed by atoms with Crippen molar-refractivity contribution >= 4 is 11.9 Å². The van der Waals surface area contributed by atoms with Crippen LogP contribution < -0.4 is 5.32 Å². The molecule has 0 aromatic rings. The van der Waals surface area contributed by atoms with Gasteiger partial charge in [-0.3, -0.25) is 9.59 Å². The molecule has 19 heavy (non-hydrogen) atoms. The molecule has 5 unspecified atom stereocenters. The molecule has 2 N–H and O–H groups in total. The predicted octanol–water partition coefficient (Wildman–Crippen LogP) is 0.804. The monoisotopic (exact) mass is 265 g/mol. The Balaban J connectivity index is 1.62. The third-order valence-electron chi connectivity index (χ3n) is 4.58. The highest BCUT2D eigenvalue weighted by molar-refractivity contribution is 5.86. The first-order chi connectivity index (χ1) is 9.16. The maximum Gasteiger partial charge on any atom is 0.307 e. The molecule has 1 amide bonds. The second-order valence-electron chi connectivity index (χ2n) is 5.72. The number of carboxylic acid groups (broad SMARTS) is 1. The minimum absolute atomic E-state index is 0.0287. The number of nitrogens with one attached hydrogen (secondary N) is 1. The van der Waals surface area contributed by atoms with Crippen molar-refractivity contribution in [1.82, 2.24) is 5.32 Å². The molecule has 3 aliphatic rings. The molecule has 2 aliphatic carbocycles. The minimum Gasteiger partial charge on any atom is -0.481 e. The largest absolute Gasteiger partial charge is 0.481 e. The highest BCUT2D eigenvalue weighted by atomic mass is 16.5. The summed E-state index contributed by atoms with van der Waals surface area (Å²) in [5, 5.41) is 12.2. The first-order valence-electron chi connectivity index (χ1n) is 6.97. The Bertz CT molecular complexity index is 414. The van der Waals surface area contributed by atoms with E-state index in [2.05, 4.69) is 5.32 Å². The lowest BCUT2D eigenvalue weighted by molar-refractivity contribution is -0.147. The Labute approximate surface area is 112 Å². The first-order valence-corrected chi connectivity index (χ1v) is 6.97. The lowest BCUT2D eigenvalue weighted by Gasteiger charge is -2.24. The highest BCUT2D eigenvalue weighted by Gasteiger charge is 2.51. The fraction of sp³-hybridized carbons (Fsp3) is 0.714. The summed E-state index contributed by atoms with van der Waals surface area (Å²) in [7, 11) is 0. The molecule has 0 aromatic carbocycles. The summed E-state index contributed by atoms with van der Waals surface area (Å²) in [6.07, 6.45) is 6.86. The van der Waals surface area contributed by atoms with Crippen LogP contribution in [0.4, 0.5) is 0 Å². The number of carbonyl (C=O) groups is 2. The van der Waals surface area contributed by atoms with E-state index in [0.29, 0.717) is 6.54 Å². The van der Waals surface area contributed by atoms with Crippen molar-refractivity contribution in [3.8, 4) is 0 Å². The van der Waals surface area contributed by atoms with Gasteiger partial charge in [0.2, 0.25) is 5.91 Å². The average Bonchev–Trinajstić information content (AvgIpc) is 3.10. The fourth-order valence-corrected chi connectivity index (χ4v) is 3.65. The Kier molecular flexibility index (Phi) is 3.31. The summed E-state index contributed by atoms with van der Waals surface area (Å²) in [5.41, 5.74) is 0. The molecule has 1 aliphatic heterocycles. The van der Waals surface area contributed by atoms with E-state index in [0.717, 1.165) is 25.9 Å². The molecule has 1 saturated heterocycles. The van der Waals surface area contributed by atoms with Gasteiger partial charge in [0.1, 0.15) is 0 Å². The van der Waals surface area contributed by atoms with Crippen LogP contribution in [0.5, 0.6) is 0 Å². The average molecular weight is 265 g/mol. The number of amides is 1. The normalized spacial score (nSPS) is 39.7. The number of allylic oxidation sites excluding steroid dienone is 2. The SMILES string of the molecule is O=C(O)C1C2C=CC(C2)C1C(=O)NCC1CCCO1. The Morgan fingerprint density at radius 2 is 2.00 bits per heavy atom. The molecule has 0 spiro atoms. The number of carboxylic acids is 1. The molecule has 5 heteroatoms. The molecule has 5 atom stereocenters. The second-order valence-corrected chi connectivity index (χ2v) is 5.72. The van der Waals surface area contributed by atoms with Crippen LogP contribution >= 0.6 is 0 Å². The van der Waals surface area contributed by atoms with Crippen molar-refractivity contribution in [2.45, 2.75) is 25.4 Å². The summed E-state index contributed by atoms with van der Waals surface area (Å²) in [6, 6.07) is 0. The molecule has 104 valence electrons. The molecule has 2 bridgehead atoms. The molecule has 1 heterocycles. The maximum absolute atomic E-state index is 12.2. The molecule has 1 saturated carbocycles. The van der Waals surface area contributed by atoms with E-state index >= 15 is 0 Å². The Morgan fingerprint density at radius 3 is 2.63 bits per heavy atom. The van der Waals surface area contributed by atoms with Crippen molar-refractivity contribution in [2.75, 3.05) is 13.2 Å². The van der Waals surface area contributed by atoms with E-state index in [1.54, 1.807) is 0 Å². The fourth-order valence-electron chi connectivity index (χ4n) is 3.65. The van der Waals surface area contributed by atoms with Gasteiger partial charge in [0.05, 0.1) is 17.9 Å². The molecular weight excluding hydrogens is 246 g/mol. The van der Waals surface area contributed by atoms with E-state index < -0.39 is 17.8 Å². The van der Waals surface area contributed by atoms with Gasteiger partial charge in [-0.2, -0.15) is 0 Å². The van der Waals surface area contributed by atoms with Gasteiger partial charge < -0.3 is 15.2 Å². The quantitative estimate of drug-likeness (QED) is 0.737. The van der Waals surface area contributed by atoms with Gasteiger partial charge in [-0.1, -0.05) is 12.2 Å². The summed E-state index contributed by atoms with van der Waals surface area (Å²) < 4.78 is 5.46. The van der Waals surface area contributed by atoms with E-state index in [-0.39, 0.29) is 23.8 Å². The third-order valence-corrected chi connectivity index (χ3v) is 4.58. The first kappa shape index (κ1) is 12.7. The van der Waals surface area contributed by atoms with Crippen LogP contribution in [0, 0.1) is 23.7 Å². The van der Waals surface area contributed by atoms with Crippen LogP contribution in [0.15, 0.2) is 12.2 Å². The van der Waals surface area contributed by atoms with Gasteiger partial charge in [-0.05, 0) is 31.1 Å². The second kappa shape index (κ2) is 4.96. The summed E-state index contributed by atoms with van der Waals surface area (Å²) >= 11 is 0. The zero-order chi connectivity index (χ0) is 13.4. The van der Waals surface area contributed by atoms with Crippen LogP contribution in [-0.4, -0.2) is 36.2 Å². The number of carbonyl (C=O) groups excluding carboxylic acids is 1. The number of ether oxygens (including phenoxy) is 1. The summed E-state index contributed by atoms with van der Waals surface area (Å²) in [4.78, 5) is 23.6. The zero-order valence-electron chi connectivity index (χ0n) is 10.7. The van der Waals surface area contributed by atoms with Crippen molar-refractivity contribution in [3.05, 3.63) is 12.2 Å². The maximum atomic E-state index is 12.2. The number of hydrogen-bond acceptors (Lipinski definition) is 3. The molecular formula is C14H19NO4. The summed E-state index contributed by atoms with van der Waals surface area (Å²) in [5.74, 6) is -1.82. The molecule has 5 nitrogen and oxygen atoms in total. The highest BCUT2D eigenvalue weighted by Crippen LogP contribution is 2.48. The van der Waals surface area contributed by atoms with E-state index in [9.17, 15) is 14.7 Å². The van der Waals surface area contributed by atoms with Crippen molar-refractivity contribution in [2.24, 2.45) is 23.7 Å². The standard InChI is InChI=1S/C14H19NO4/c16-13(15-7-10-2-1-5-19-10)11-8-3-4-9(6-8)12(11)14(17)18/h3-4,8-12H,1-2,5-7H2,(H,15,16)(H,17,18). The predicted molar refractivity (Wildman–Crippen MR) is 67.3 cm³/mol. The van der Waals surface area contributed by atoms with Gasteiger partial charge in [0.15, 0.2) is 0 Å². The molecule has 0 aromatic heterocycles. The Hall–Kier alpha value is -1.36. The zero-order valence-corrected chi connectivity index (χ0v) is 10.7. The number of rotatable bonds is 4. The van der Waals surface area contributed by atoms with E-state index in [1.807, 2.05) is 12.2 Å². The van der Waals surface area contributed by atoms with Crippen LogP contribution in [0.25, 0.3) is 0 Å². The number of aliphatic carboxylic acids is 1. The Morgan fingerprint density at radius 1 is 1.26 bits per heavy atom. The van der Waals surface area contributed by atoms with Crippen molar-refractivity contribution in [1.29, 1.82) is 0 Å². The topological polar surface area (TPSA) is 75.6 Å². The lowest BCUT2D eigenvalue weighted by Crippen LogP contribution is -2.42. The molecule has 2 fully saturated rings. The summed E-state index contributed by atoms with van der Waals surface area (Å²) in [6.45, 7) is 1.26. The van der Waals surface area contributed by atoms with Crippen LogP contribution in [0.2, 0.25) is 0 Å². The molecule has 0 radical (unpaired) electrons. The third kappa shape index (κ3) is 2.27. The van der Waals surface area contributed by atoms with Gasteiger partial charge in [-0.25, -0.2) is 0 Å². The van der Waals surface area contributed by atoms with E-state index in [1.165, 1.54) is 0 Å². The smallest absolute Gasteiger partial charge is 0.307 e. The van der Waals surface area contributed by atoms with Crippen LogP contribution in [-0.2, 0) is 14.3 Å². The van der Waals surface area contributed by atoms with Gasteiger partial charge >= 0.3 is 5.97 Å². The van der Waals surface area contributed by atoms with Crippen LogP contribution in [0.3, 0.4) is 0 Å².